The van der Waals surface area contributed by atoms with Crippen LogP contribution in [0.4, 0.5) is 0 Å². The van der Waals surface area contributed by atoms with Crippen molar-refractivity contribution in [3.05, 3.63) is 0 Å². The lowest BCUT2D eigenvalue weighted by Gasteiger charge is -2.25. The third-order valence-electron chi connectivity index (χ3n) is 2.45. The van der Waals surface area contributed by atoms with Crippen molar-refractivity contribution >= 4 is 5.91 Å². The van der Waals surface area contributed by atoms with Gasteiger partial charge in [0.2, 0.25) is 5.91 Å². The molecule has 0 aliphatic rings. The number of nitrogens with one attached hydrogen (secondary N) is 1. The highest BCUT2D eigenvalue weighted by molar-refractivity contribution is 5.81. The van der Waals surface area contributed by atoms with Crippen molar-refractivity contribution in [2.24, 2.45) is 0 Å². The highest BCUT2D eigenvalue weighted by Gasteiger charge is 2.18. The summed E-state index contributed by atoms with van der Waals surface area (Å²) in [6, 6.07) is 1.89. The number of amides is 1. The number of nitriles is 1. The van der Waals surface area contributed by atoms with Gasteiger partial charge in [0.25, 0.3) is 0 Å². The van der Waals surface area contributed by atoms with Gasteiger partial charge in [-0.25, -0.2) is 0 Å². The van der Waals surface area contributed by atoms with Gasteiger partial charge < -0.3 is 10.1 Å². The number of carbonyl (C=O) groups is 1. The van der Waals surface area contributed by atoms with E-state index in [4.69, 9.17) is 10.00 Å². The Kier molecular flexibility index (Phi) is 8.49. The van der Waals surface area contributed by atoms with E-state index in [1.165, 1.54) is 0 Å². The predicted octanol–water partition coefficient (Wildman–Crippen LogP) is 0.373. The second-order valence-corrected chi connectivity index (χ2v) is 3.50. The molecule has 0 saturated heterocycles. The van der Waals surface area contributed by atoms with Crippen LogP contribution in [-0.4, -0.2) is 50.2 Å². The molecule has 0 aromatic rings. The van der Waals surface area contributed by atoms with E-state index in [1.54, 1.807) is 7.11 Å². The van der Waals surface area contributed by atoms with E-state index >= 15 is 0 Å². The summed E-state index contributed by atoms with van der Waals surface area (Å²) in [7, 11) is 1.60. The molecule has 0 aliphatic heterocycles. The molecule has 1 unspecified atom stereocenters. The number of ether oxygens (including phenoxy) is 1. The molecule has 0 rings (SSSR count). The summed E-state index contributed by atoms with van der Waals surface area (Å²) in [6.45, 7) is 6.27. The second kappa shape index (κ2) is 9.13. The molecule has 0 radical (unpaired) electrons. The lowest BCUT2D eigenvalue weighted by molar-refractivity contribution is -0.126. The maximum absolute atomic E-state index is 11.7. The van der Waals surface area contributed by atoms with Crippen LogP contribution in [0.15, 0.2) is 0 Å². The molecule has 0 fully saturated rings. The molecule has 1 amide bonds. The van der Waals surface area contributed by atoms with Crippen LogP contribution >= 0.6 is 0 Å². The van der Waals surface area contributed by atoms with Crippen LogP contribution in [-0.2, 0) is 9.53 Å². The monoisotopic (exact) mass is 227 g/mol. The third kappa shape index (κ3) is 5.69. The smallest absolute Gasteiger partial charge is 0.237 e. The number of likely N-dealkylation sites (N-methyl/N-ethyl adjacent to an activating group) is 1. The molecular weight excluding hydrogens is 206 g/mol. The Balaban J connectivity index is 4.01. The molecule has 1 N–H and O–H groups in total. The van der Waals surface area contributed by atoms with Crippen molar-refractivity contribution in [2.75, 3.05) is 33.4 Å². The summed E-state index contributed by atoms with van der Waals surface area (Å²) >= 11 is 0. The van der Waals surface area contributed by atoms with Crippen LogP contribution in [0.2, 0.25) is 0 Å². The molecule has 0 saturated carbocycles. The molecule has 92 valence electrons. The molecule has 0 bridgehead atoms. The van der Waals surface area contributed by atoms with Crippen molar-refractivity contribution in [2.45, 2.75) is 26.3 Å². The van der Waals surface area contributed by atoms with Crippen LogP contribution < -0.4 is 5.32 Å². The number of methoxy groups -OCH3 is 1. The fourth-order valence-corrected chi connectivity index (χ4v) is 1.41. The number of nitrogens with zero attached hydrogens (tertiary/aromatic N) is 2. The van der Waals surface area contributed by atoms with Gasteiger partial charge in [-0.05, 0) is 13.5 Å². The van der Waals surface area contributed by atoms with Gasteiger partial charge in [-0.2, -0.15) is 5.26 Å². The summed E-state index contributed by atoms with van der Waals surface area (Å²) in [5, 5.41) is 11.3. The third-order valence-corrected chi connectivity index (χ3v) is 2.45. The molecule has 5 heteroatoms. The molecule has 16 heavy (non-hydrogen) atoms. The zero-order valence-corrected chi connectivity index (χ0v) is 10.3. The van der Waals surface area contributed by atoms with Gasteiger partial charge in [0.1, 0.15) is 0 Å². The van der Waals surface area contributed by atoms with E-state index in [0.29, 0.717) is 26.1 Å². The van der Waals surface area contributed by atoms with Gasteiger partial charge >= 0.3 is 0 Å². The standard InChI is InChI=1S/C11H21N3O2/c1-4-14(8-5-6-12)10(2)11(15)13-7-9-16-3/h10H,4-5,7-9H2,1-3H3,(H,13,15). The van der Waals surface area contributed by atoms with Crippen molar-refractivity contribution < 1.29 is 9.53 Å². The molecule has 0 aromatic carbocycles. The van der Waals surface area contributed by atoms with Gasteiger partial charge in [-0.3, -0.25) is 9.69 Å². The van der Waals surface area contributed by atoms with Gasteiger partial charge in [0.05, 0.1) is 18.7 Å². The topological polar surface area (TPSA) is 65.4 Å². The fourth-order valence-electron chi connectivity index (χ4n) is 1.41. The first-order chi connectivity index (χ1) is 7.67. The van der Waals surface area contributed by atoms with Crippen molar-refractivity contribution in [1.82, 2.24) is 10.2 Å². The van der Waals surface area contributed by atoms with Gasteiger partial charge in [0, 0.05) is 26.6 Å². The van der Waals surface area contributed by atoms with Crippen molar-refractivity contribution in [3.8, 4) is 6.07 Å². The normalized spacial score (nSPS) is 12.2. The molecule has 0 aliphatic carbocycles. The number of hydrogen-bond donors (Lipinski definition) is 1. The van der Waals surface area contributed by atoms with E-state index in [0.717, 1.165) is 6.54 Å². The predicted molar refractivity (Wildman–Crippen MR) is 61.8 cm³/mol. The van der Waals surface area contributed by atoms with Gasteiger partial charge in [-0.1, -0.05) is 6.92 Å². The van der Waals surface area contributed by atoms with Crippen LogP contribution in [0.3, 0.4) is 0 Å². The summed E-state index contributed by atoms with van der Waals surface area (Å²) in [6.07, 6.45) is 0.448. The van der Waals surface area contributed by atoms with Crippen LogP contribution in [0.5, 0.6) is 0 Å². The fraction of sp³-hybridized carbons (Fsp3) is 0.818. The van der Waals surface area contributed by atoms with Crippen molar-refractivity contribution in [3.63, 3.8) is 0 Å². The molecule has 0 heterocycles. The SMILES string of the molecule is CCN(CCC#N)C(C)C(=O)NCCOC. The van der Waals surface area contributed by atoms with Crippen LogP contribution in [0.25, 0.3) is 0 Å². The molecule has 0 spiro atoms. The summed E-state index contributed by atoms with van der Waals surface area (Å²) in [5.74, 6) is -0.0168. The minimum atomic E-state index is -0.199. The minimum Gasteiger partial charge on any atom is -0.383 e. The van der Waals surface area contributed by atoms with E-state index in [9.17, 15) is 4.79 Å². The molecular formula is C11H21N3O2. The minimum absolute atomic E-state index is 0.0168. The van der Waals surface area contributed by atoms with Crippen LogP contribution in [0, 0.1) is 11.3 Å². The Morgan fingerprint density at radius 2 is 2.31 bits per heavy atom. The Labute approximate surface area is 97.4 Å². The highest BCUT2D eigenvalue weighted by Crippen LogP contribution is 2.00. The number of rotatable bonds is 8. The molecule has 0 aromatic heterocycles. The first-order valence-corrected chi connectivity index (χ1v) is 5.55. The molecule has 5 nitrogen and oxygen atoms in total. The largest absolute Gasteiger partial charge is 0.383 e. The van der Waals surface area contributed by atoms with Gasteiger partial charge in [-0.15, -0.1) is 0 Å². The first kappa shape index (κ1) is 14.9. The summed E-state index contributed by atoms with van der Waals surface area (Å²) < 4.78 is 4.85. The second-order valence-electron chi connectivity index (χ2n) is 3.50. The zero-order chi connectivity index (χ0) is 12.4. The maximum atomic E-state index is 11.7. The summed E-state index contributed by atoms with van der Waals surface area (Å²) in [5.41, 5.74) is 0. The lowest BCUT2D eigenvalue weighted by Crippen LogP contribution is -2.46. The van der Waals surface area contributed by atoms with E-state index in [-0.39, 0.29) is 11.9 Å². The Hall–Kier alpha value is -1.12. The van der Waals surface area contributed by atoms with Gasteiger partial charge in [0.15, 0.2) is 0 Å². The zero-order valence-electron chi connectivity index (χ0n) is 10.3. The quantitative estimate of drug-likeness (QED) is 0.609. The first-order valence-electron chi connectivity index (χ1n) is 5.55. The average Bonchev–Trinajstić information content (AvgIpc) is 2.30. The Morgan fingerprint density at radius 1 is 1.62 bits per heavy atom. The van der Waals surface area contributed by atoms with Crippen LogP contribution in [0.1, 0.15) is 20.3 Å². The Morgan fingerprint density at radius 3 is 2.81 bits per heavy atom. The van der Waals surface area contributed by atoms with E-state index < -0.39 is 0 Å². The van der Waals surface area contributed by atoms with E-state index in [1.807, 2.05) is 18.7 Å². The average molecular weight is 227 g/mol. The highest BCUT2D eigenvalue weighted by atomic mass is 16.5. The number of hydrogen-bond acceptors (Lipinski definition) is 4. The Bertz CT molecular complexity index is 238. The van der Waals surface area contributed by atoms with E-state index in [2.05, 4.69) is 11.4 Å². The van der Waals surface area contributed by atoms with Crippen molar-refractivity contribution in [1.29, 1.82) is 5.26 Å². The molecule has 1 atom stereocenters. The number of carbonyl (C=O) groups excluding carboxylic acids is 1. The lowest BCUT2D eigenvalue weighted by atomic mass is 10.2. The maximum Gasteiger partial charge on any atom is 0.237 e. The summed E-state index contributed by atoms with van der Waals surface area (Å²) in [4.78, 5) is 13.7.